The van der Waals surface area contributed by atoms with E-state index in [4.69, 9.17) is 0 Å². The molecular weight excluding hydrogens is 388 g/mol. The number of benzene rings is 2. The minimum absolute atomic E-state index is 0.0955. The van der Waals surface area contributed by atoms with Crippen LogP contribution in [0, 0.1) is 6.92 Å². The van der Waals surface area contributed by atoms with Crippen LogP contribution in [0.15, 0.2) is 58.4 Å². The Morgan fingerprint density at radius 1 is 1.17 bits per heavy atom. The Morgan fingerprint density at radius 3 is 2.69 bits per heavy atom. The van der Waals surface area contributed by atoms with Crippen LogP contribution >= 0.6 is 0 Å². The lowest BCUT2D eigenvalue weighted by atomic mass is 10.1. The van der Waals surface area contributed by atoms with E-state index in [1.54, 1.807) is 12.1 Å². The molecule has 0 atom stereocenters. The van der Waals surface area contributed by atoms with Crippen LogP contribution in [0.2, 0.25) is 0 Å². The van der Waals surface area contributed by atoms with Crippen LogP contribution in [-0.2, 0) is 21.4 Å². The van der Waals surface area contributed by atoms with Crippen molar-refractivity contribution in [2.75, 3.05) is 25.5 Å². The summed E-state index contributed by atoms with van der Waals surface area (Å²) in [7, 11) is -1.84. The average molecular weight is 415 g/mol. The first-order valence-electron chi connectivity index (χ1n) is 9.52. The molecule has 1 amide bonds. The number of anilines is 1. The van der Waals surface area contributed by atoms with Crippen LogP contribution in [-0.4, -0.2) is 45.2 Å². The van der Waals surface area contributed by atoms with Crippen molar-refractivity contribution in [2.45, 2.75) is 31.2 Å². The molecule has 0 spiro atoms. The van der Waals surface area contributed by atoms with Gasteiger partial charge in [0.25, 0.3) is 10.0 Å². The molecule has 3 rings (SSSR count). The number of sulfonamides is 1. The maximum Gasteiger partial charge on any atom is 0.262 e. The van der Waals surface area contributed by atoms with Crippen LogP contribution in [0.25, 0.3) is 0 Å². The van der Waals surface area contributed by atoms with Gasteiger partial charge in [-0.3, -0.25) is 19.4 Å². The largest absolute Gasteiger partial charge is 0.325 e. The second-order valence-electron chi connectivity index (χ2n) is 7.21. The first-order valence-corrected chi connectivity index (χ1v) is 11.0. The van der Waals surface area contributed by atoms with Crippen molar-refractivity contribution in [3.63, 3.8) is 0 Å². The molecule has 1 heterocycles. The van der Waals surface area contributed by atoms with E-state index in [-0.39, 0.29) is 17.3 Å². The lowest BCUT2D eigenvalue weighted by Crippen LogP contribution is -2.30. The van der Waals surface area contributed by atoms with E-state index >= 15 is 0 Å². The van der Waals surface area contributed by atoms with Crippen molar-refractivity contribution in [3.8, 4) is 0 Å². The van der Waals surface area contributed by atoms with Crippen molar-refractivity contribution in [3.05, 3.63) is 59.7 Å². The third-order valence-corrected chi connectivity index (χ3v) is 6.05. The fourth-order valence-electron chi connectivity index (χ4n) is 3.16. The van der Waals surface area contributed by atoms with Crippen molar-refractivity contribution in [1.82, 2.24) is 9.62 Å². The van der Waals surface area contributed by atoms with E-state index in [9.17, 15) is 13.2 Å². The first kappa shape index (κ1) is 21.0. The van der Waals surface area contributed by atoms with Crippen molar-refractivity contribution in [2.24, 2.45) is 4.99 Å². The summed E-state index contributed by atoms with van der Waals surface area (Å²) in [6.07, 6.45) is 1.48. The van der Waals surface area contributed by atoms with Gasteiger partial charge in [0.1, 0.15) is 5.84 Å². The van der Waals surface area contributed by atoms with Crippen LogP contribution in [0.4, 0.5) is 5.69 Å². The maximum atomic E-state index is 12.5. The van der Waals surface area contributed by atoms with Gasteiger partial charge in [0.2, 0.25) is 5.91 Å². The van der Waals surface area contributed by atoms with Crippen molar-refractivity contribution in [1.29, 1.82) is 0 Å². The zero-order valence-corrected chi connectivity index (χ0v) is 17.5. The fourth-order valence-corrected chi connectivity index (χ4v) is 4.29. The molecule has 1 aliphatic rings. The summed E-state index contributed by atoms with van der Waals surface area (Å²) >= 11 is 0. The molecule has 0 radical (unpaired) electrons. The molecule has 0 unspecified atom stereocenters. The molecule has 2 aromatic rings. The standard InChI is InChI=1S/C21H26N4O3S/c1-16-7-3-4-8-17(16)14-25(2)15-21(26)23-18-9-5-10-19(13-18)29(27,28)24-20-11-6-12-22-20/h3-5,7-10,13H,6,11-12,14-15H2,1-2H3,(H,22,24)(H,23,26). The Morgan fingerprint density at radius 2 is 1.97 bits per heavy atom. The number of aliphatic imine (C=N–C) groups is 1. The quantitative estimate of drug-likeness (QED) is 0.728. The lowest BCUT2D eigenvalue weighted by Gasteiger charge is -2.18. The number of rotatable bonds is 7. The lowest BCUT2D eigenvalue weighted by molar-refractivity contribution is -0.117. The van der Waals surface area contributed by atoms with Crippen LogP contribution in [0.5, 0.6) is 0 Å². The summed E-state index contributed by atoms with van der Waals surface area (Å²) in [4.78, 5) is 18.6. The number of likely N-dealkylation sites (N-methyl/N-ethyl adjacent to an activating group) is 1. The van der Waals surface area contributed by atoms with E-state index in [0.717, 1.165) is 12.0 Å². The van der Waals surface area contributed by atoms with Gasteiger partial charge in [0, 0.05) is 25.2 Å². The number of amides is 1. The second-order valence-corrected chi connectivity index (χ2v) is 8.89. The molecule has 2 N–H and O–H groups in total. The Hall–Kier alpha value is -2.71. The van der Waals surface area contributed by atoms with Gasteiger partial charge in [-0.2, -0.15) is 0 Å². The molecule has 8 heteroatoms. The highest BCUT2D eigenvalue weighted by Crippen LogP contribution is 2.17. The summed E-state index contributed by atoms with van der Waals surface area (Å²) < 4.78 is 27.6. The number of carbonyl (C=O) groups is 1. The average Bonchev–Trinajstić information content (AvgIpc) is 3.16. The van der Waals surface area contributed by atoms with Gasteiger partial charge in [-0.1, -0.05) is 30.3 Å². The van der Waals surface area contributed by atoms with Crippen molar-refractivity contribution >= 4 is 27.5 Å². The predicted octanol–water partition coefficient (Wildman–Crippen LogP) is 2.54. The van der Waals surface area contributed by atoms with Gasteiger partial charge < -0.3 is 5.32 Å². The summed E-state index contributed by atoms with van der Waals surface area (Å²) in [6.45, 7) is 3.53. The summed E-state index contributed by atoms with van der Waals surface area (Å²) in [5.74, 6) is 0.279. The molecule has 0 bridgehead atoms. The van der Waals surface area contributed by atoms with Gasteiger partial charge in [0.15, 0.2) is 0 Å². The number of aryl methyl sites for hydroxylation is 1. The normalized spacial score (nSPS) is 14.0. The number of nitrogens with one attached hydrogen (secondary N) is 2. The van der Waals surface area contributed by atoms with Gasteiger partial charge in [0.05, 0.1) is 11.4 Å². The van der Waals surface area contributed by atoms with Gasteiger partial charge in [-0.25, -0.2) is 8.42 Å². The highest BCUT2D eigenvalue weighted by molar-refractivity contribution is 7.90. The summed E-state index contributed by atoms with van der Waals surface area (Å²) in [6, 6.07) is 14.3. The molecule has 0 fully saturated rings. The minimum Gasteiger partial charge on any atom is -0.325 e. The van der Waals surface area contributed by atoms with E-state index in [1.165, 1.54) is 17.7 Å². The van der Waals surface area contributed by atoms with Gasteiger partial charge in [-0.15, -0.1) is 0 Å². The number of hydrogen-bond donors (Lipinski definition) is 2. The highest BCUT2D eigenvalue weighted by atomic mass is 32.2. The van der Waals surface area contributed by atoms with E-state index in [0.29, 0.717) is 31.0 Å². The molecule has 0 aromatic heterocycles. The second kappa shape index (κ2) is 9.19. The molecule has 2 aromatic carbocycles. The smallest absolute Gasteiger partial charge is 0.262 e. The zero-order chi connectivity index (χ0) is 20.9. The zero-order valence-electron chi connectivity index (χ0n) is 16.7. The molecule has 29 heavy (non-hydrogen) atoms. The first-order chi connectivity index (χ1) is 13.8. The third-order valence-electron chi connectivity index (χ3n) is 4.67. The van der Waals surface area contributed by atoms with E-state index in [2.05, 4.69) is 15.0 Å². The Balaban J connectivity index is 1.60. The van der Waals surface area contributed by atoms with Gasteiger partial charge in [-0.05, 0) is 49.7 Å². The van der Waals surface area contributed by atoms with E-state index < -0.39 is 10.0 Å². The maximum absolute atomic E-state index is 12.5. The Kier molecular flexibility index (Phi) is 6.66. The van der Waals surface area contributed by atoms with Crippen molar-refractivity contribution < 1.29 is 13.2 Å². The Bertz CT molecular complexity index is 1020. The molecular formula is C21H26N4O3S. The monoisotopic (exact) mass is 414 g/mol. The summed E-state index contributed by atoms with van der Waals surface area (Å²) in [5.41, 5.74) is 2.78. The topological polar surface area (TPSA) is 90.9 Å². The number of nitrogens with zero attached hydrogens (tertiary/aromatic N) is 2. The SMILES string of the molecule is Cc1ccccc1CN(C)CC(=O)Nc1cccc(S(=O)(=O)NC2=NCCC2)c1. The molecule has 7 nitrogen and oxygen atoms in total. The fraction of sp³-hybridized carbons (Fsp3) is 0.333. The number of amidine groups is 1. The number of carbonyl (C=O) groups excluding carboxylic acids is 1. The number of hydrogen-bond acceptors (Lipinski definition) is 5. The molecule has 0 saturated heterocycles. The van der Waals surface area contributed by atoms with Crippen LogP contribution < -0.4 is 10.0 Å². The molecule has 154 valence electrons. The third kappa shape index (κ3) is 5.88. The summed E-state index contributed by atoms with van der Waals surface area (Å²) in [5, 5.41) is 2.78. The highest BCUT2D eigenvalue weighted by Gasteiger charge is 2.19. The predicted molar refractivity (Wildman–Crippen MR) is 114 cm³/mol. The Labute approximate surface area is 171 Å². The molecule has 0 aliphatic carbocycles. The van der Waals surface area contributed by atoms with Gasteiger partial charge >= 0.3 is 0 Å². The van der Waals surface area contributed by atoms with E-state index in [1.807, 2.05) is 43.1 Å². The van der Waals surface area contributed by atoms with Crippen LogP contribution in [0.1, 0.15) is 24.0 Å². The molecule has 1 aliphatic heterocycles. The molecule has 0 saturated carbocycles. The minimum atomic E-state index is -3.71. The van der Waals surface area contributed by atoms with Crippen LogP contribution in [0.3, 0.4) is 0 Å².